The Morgan fingerprint density at radius 1 is 0.323 bits per heavy atom. The van der Waals surface area contributed by atoms with Gasteiger partial charge < -0.3 is 9.80 Å². The quantitative estimate of drug-likeness (QED) is 0.113. The van der Waals surface area contributed by atoms with Gasteiger partial charge in [0.1, 0.15) is 0 Å². The van der Waals surface area contributed by atoms with E-state index in [1.807, 2.05) is 24.8 Å². The van der Waals surface area contributed by atoms with Gasteiger partial charge in [-0.25, -0.2) is 0 Å². The van der Waals surface area contributed by atoms with Gasteiger partial charge in [0.15, 0.2) is 0 Å². The third-order valence-electron chi connectivity index (χ3n) is 12.1. The predicted molar refractivity (Wildman–Crippen MR) is 264 cm³/mol. The summed E-state index contributed by atoms with van der Waals surface area (Å²) in [6.45, 7) is 18.2. The van der Waals surface area contributed by atoms with Crippen molar-refractivity contribution in [3.05, 3.63) is 205 Å². The molecule has 0 atom stereocenters. The molecule has 2 heterocycles. The summed E-state index contributed by atoms with van der Waals surface area (Å²) >= 11 is 0. The molecule has 0 amide bonds. The minimum Gasteiger partial charge on any atom is -0.309 e. The Bertz CT molecular complexity index is 2790. The number of aryl methyl sites for hydroxylation is 2. The van der Waals surface area contributed by atoms with Crippen LogP contribution in [0.2, 0.25) is 0 Å². The molecule has 0 unspecified atom stereocenters. The number of nitrogens with zero attached hydrogens (tertiary/aromatic N) is 4. The van der Waals surface area contributed by atoms with Crippen LogP contribution in [0.3, 0.4) is 0 Å². The first-order valence-electron chi connectivity index (χ1n) is 21.6. The molecule has 0 bridgehead atoms. The van der Waals surface area contributed by atoms with Gasteiger partial charge in [-0.05, 0) is 143 Å². The molecule has 0 spiro atoms. The summed E-state index contributed by atoms with van der Waals surface area (Å²) in [5.74, 6) is 0. The maximum atomic E-state index is 4.27. The van der Waals surface area contributed by atoms with Gasteiger partial charge in [0.05, 0.1) is 11.4 Å². The van der Waals surface area contributed by atoms with Crippen LogP contribution in [-0.4, -0.2) is 9.97 Å². The largest absolute Gasteiger partial charge is 0.309 e. The first-order chi connectivity index (χ1) is 29.8. The molecule has 9 aromatic rings. The van der Waals surface area contributed by atoms with E-state index in [1.165, 1.54) is 43.8 Å². The van der Waals surface area contributed by atoms with Crippen LogP contribution in [0.25, 0.3) is 43.8 Å². The van der Waals surface area contributed by atoms with Crippen molar-refractivity contribution >= 4 is 55.7 Å². The van der Waals surface area contributed by atoms with E-state index in [4.69, 9.17) is 0 Å². The zero-order valence-electron chi connectivity index (χ0n) is 37.1. The van der Waals surface area contributed by atoms with Crippen LogP contribution in [0.1, 0.15) is 63.8 Å². The average molecular weight is 807 g/mol. The van der Waals surface area contributed by atoms with Crippen LogP contribution < -0.4 is 9.80 Å². The Kier molecular flexibility index (Phi) is 10.5. The minimum atomic E-state index is -0.0863. The van der Waals surface area contributed by atoms with E-state index in [0.717, 1.165) is 56.4 Å². The van der Waals surface area contributed by atoms with Gasteiger partial charge in [0, 0.05) is 69.1 Å². The Hall–Kier alpha value is -7.04. The van der Waals surface area contributed by atoms with Gasteiger partial charge in [-0.3, -0.25) is 9.97 Å². The van der Waals surface area contributed by atoms with Crippen LogP contribution in [-0.2, 0) is 10.8 Å². The fourth-order valence-corrected chi connectivity index (χ4v) is 8.50. The second kappa shape index (κ2) is 16.1. The SMILES string of the molecule is Cc1ccc(N(c2ccc(-c3ccncc3)cc2)c2c3ccc(C(C)(C)C)cc3c(N(c3ccc(C)cc3)c3ccc(-c4ccncc4)cc3)c3ccc(C(C)(C)C)cc23)cc1. The van der Waals surface area contributed by atoms with E-state index in [2.05, 4.69) is 233 Å². The minimum absolute atomic E-state index is 0.0863. The van der Waals surface area contributed by atoms with Crippen LogP contribution in [0.15, 0.2) is 183 Å². The monoisotopic (exact) mass is 806 g/mol. The van der Waals surface area contributed by atoms with E-state index in [9.17, 15) is 0 Å². The molecule has 62 heavy (non-hydrogen) atoms. The van der Waals surface area contributed by atoms with Crippen molar-refractivity contribution in [1.82, 2.24) is 9.97 Å². The normalized spacial score (nSPS) is 11.9. The first kappa shape index (κ1) is 40.4. The summed E-state index contributed by atoms with van der Waals surface area (Å²) < 4.78 is 0. The molecule has 0 N–H and O–H groups in total. The lowest BCUT2D eigenvalue weighted by Crippen LogP contribution is -2.17. The van der Waals surface area contributed by atoms with Crippen molar-refractivity contribution in [3.8, 4) is 22.3 Å². The molecule has 7 aromatic carbocycles. The fourth-order valence-electron chi connectivity index (χ4n) is 8.50. The van der Waals surface area contributed by atoms with Crippen LogP contribution >= 0.6 is 0 Å². The number of hydrogen-bond acceptors (Lipinski definition) is 4. The number of pyridine rings is 2. The van der Waals surface area contributed by atoms with Crippen LogP contribution in [0.4, 0.5) is 34.1 Å². The first-order valence-corrected chi connectivity index (χ1v) is 21.6. The molecule has 0 fully saturated rings. The molecular formula is C58H54N4. The molecule has 306 valence electrons. The number of fused-ring (bicyclic) bond motifs is 2. The Morgan fingerprint density at radius 2 is 0.613 bits per heavy atom. The van der Waals surface area contributed by atoms with Gasteiger partial charge in [-0.15, -0.1) is 0 Å². The summed E-state index contributed by atoms with van der Waals surface area (Å²) in [6.07, 6.45) is 7.43. The predicted octanol–water partition coefficient (Wildman–Crippen LogP) is 16.3. The Balaban J connectivity index is 1.40. The average Bonchev–Trinajstić information content (AvgIpc) is 3.28. The summed E-state index contributed by atoms with van der Waals surface area (Å²) in [5, 5.41) is 4.73. The number of anilines is 6. The van der Waals surface area contributed by atoms with E-state index in [1.54, 1.807) is 0 Å². The third-order valence-corrected chi connectivity index (χ3v) is 12.1. The van der Waals surface area contributed by atoms with E-state index < -0.39 is 0 Å². The van der Waals surface area contributed by atoms with Gasteiger partial charge in [0.2, 0.25) is 0 Å². The third kappa shape index (κ3) is 7.85. The number of aromatic nitrogens is 2. The highest BCUT2D eigenvalue weighted by molar-refractivity contribution is 6.23. The molecule has 0 saturated carbocycles. The maximum Gasteiger partial charge on any atom is 0.0620 e. The second-order valence-electron chi connectivity index (χ2n) is 18.6. The van der Waals surface area contributed by atoms with Crippen molar-refractivity contribution in [1.29, 1.82) is 0 Å². The maximum absolute atomic E-state index is 4.27. The molecular weight excluding hydrogens is 753 g/mol. The molecule has 0 radical (unpaired) electrons. The Labute approximate surface area is 367 Å². The van der Waals surface area contributed by atoms with Gasteiger partial charge >= 0.3 is 0 Å². The van der Waals surface area contributed by atoms with E-state index in [-0.39, 0.29) is 10.8 Å². The summed E-state index contributed by atoms with van der Waals surface area (Å²) in [4.78, 5) is 13.5. The highest BCUT2D eigenvalue weighted by atomic mass is 15.2. The Morgan fingerprint density at radius 3 is 0.919 bits per heavy atom. The molecule has 4 nitrogen and oxygen atoms in total. The number of rotatable bonds is 8. The molecule has 2 aromatic heterocycles. The fraction of sp³-hybridized carbons (Fsp3) is 0.172. The van der Waals surface area contributed by atoms with E-state index >= 15 is 0 Å². The van der Waals surface area contributed by atoms with Crippen molar-refractivity contribution in [3.63, 3.8) is 0 Å². The van der Waals surface area contributed by atoms with Crippen molar-refractivity contribution in [2.24, 2.45) is 0 Å². The van der Waals surface area contributed by atoms with Crippen LogP contribution in [0, 0.1) is 13.8 Å². The smallest absolute Gasteiger partial charge is 0.0620 e. The zero-order chi connectivity index (χ0) is 43.2. The highest BCUT2D eigenvalue weighted by Crippen LogP contribution is 2.52. The van der Waals surface area contributed by atoms with Crippen molar-refractivity contribution in [2.75, 3.05) is 9.80 Å². The van der Waals surface area contributed by atoms with Crippen molar-refractivity contribution in [2.45, 2.75) is 66.2 Å². The lowest BCUT2D eigenvalue weighted by Gasteiger charge is -2.34. The summed E-state index contributed by atoms with van der Waals surface area (Å²) in [7, 11) is 0. The number of benzene rings is 7. The zero-order valence-corrected chi connectivity index (χ0v) is 37.1. The molecule has 0 aliphatic heterocycles. The van der Waals surface area contributed by atoms with Gasteiger partial charge in [-0.2, -0.15) is 0 Å². The summed E-state index contributed by atoms with van der Waals surface area (Å²) in [5.41, 5.74) is 16.1. The molecule has 0 saturated heterocycles. The van der Waals surface area contributed by atoms with E-state index in [0.29, 0.717) is 0 Å². The van der Waals surface area contributed by atoms with Crippen molar-refractivity contribution < 1.29 is 0 Å². The standard InChI is InChI=1S/C58H54N4/c1-39-9-19-47(20-10-39)61(49-23-13-41(14-24-49)43-29-33-59-34-30-43)55-51-27-17-46(58(6,7)8)38-54(51)56(52-28-18-45(37-53(52)55)57(3,4)5)62(48-21-11-40(2)12-22-48)50-25-15-42(16-26-50)44-31-35-60-36-32-44/h9-38H,1-8H3. The summed E-state index contributed by atoms with van der Waals surface area (Å²) in [6, 6.07) is 58.6. The van der Waals surface area contributed by atoms with Gasteiger partial charge in [0.25, 0.3) is 0 Å². The van der Waals surface area contributed by atoms with Gasteiger partial charge in [-0.1, -0.05) is 125 Å². The molecule has 0 aliphatic rings. The lowest BCUT2D eigenvalue weighted by atomic mass is 9.82. The molecule has 4 heteroatoms. The molecule has 0 aliphatic carbocycles. The van der Waals surface area contributed by atoms with Crippen LogP contribution in [0.5, 0.6) is 0 Å². The number of hydrogen-bond donors (Lipinski definition) is 0. The highest BCUT2D eigenvalue weighted by Gasteiger charge is 2.28. The lowest BCUT2D eigenvalue weighted by molar-refractivity contribution is 0.590. The topological polar surface area (TPSA) is 32.3 Å². The second-order valence-corrected chi connectivity index (χ2v) is 18.6. The molecule has 9 rings (SSSR count).